The van der Waals surface area contributed by atoms with Crippen molar-refractivity contribution in [3.63, 3.8) is 0 Å². The van der Waals surface area contributed by atoms with Crippen LogP contribution < -0.4 is 0 Å². The third-order valence-corrected chi connectivity index (χ3v) is 4.86. The van der Waals surface area contributed by atoms with Crippen LogP contribution in [0.4, 0.5) is 0 Å². The highest BCUT2D eigenvalue weighted by Crippen LogP contribution is 2.35. The smallest absolute Gasteiger partial charge is 0.0598 e. The average molecular weight is 196 g/mol. The Labute approximate surface area is 82.4 Å². The quantitative estimate of drug-likeness (QED) is 0.589. The molecule has 2 bridgehead atoms. The van der Waals surface area contributed by atoms with Crippen molar-refractivity contribution >= 4 is 10.8 Å². The predicted octanol–water partition coefficient (Wildman–Crippen LogP) is 2.42. The van der Waals surface area contributed by atoms with E-state index in [-0.39, 0.29) is 0 Å². The van der Waals surface area contributed by atoms with Gasteiger partial charge in [0.1, 0.15) is 0 Å². The normalized spacial score (nSPS) is 42.0. The van der Waals surface area contributed by atoms with Gasteiger partial charge in [0.2, 0.25) is 0 Å². The summed E-state index contributed by atoms with van der Waals surface area (Å²) < 4.78 is 11.9. The van der Waals surface area contributed by atoms with Crippen molar-refractivity contribution in [1.82, 2.24) is 0 Å². The Balaban J connectivity index is 2.26. The minimum Gasteiger partial charge on any atom is -0.258 e. The van der Waals surface area contributed by atoms with E-state index < -0.39 is 10.8 Å². The van der Waals surface area contributed by atoms with Gasteiger partial charge in [-0.2, -0.15) is 0 Å². The molecule has 1 nitrogen and oxygen atoms in total. The van der Waals surface area contributed by atoms with E-state index in [2.05, 4.69) is 32.1 Å². The van der Waals surface area contributed by atoms with Crippen molar-refractivity contribution in [3.05, 3.63) is 23.8 Å². The van der Waals surface area contributed by atoms with Crippen LogP contribution in [0.1, 0.15) is 26.7 Å². The minimum absolute atomic E-state index is 0.300. The van der Waals surface area contributed by atoms with Gasteiger partial charge in [0, 0.05) is 10.8 Å². The first-order chi connectivity index (χ1) is 6.18. The lowest BCUT2D eigenvalue weighted by Crippen LogP contribution is -2.38. The van der Waals surface area contributed by atoms with Gasteiger partial charge in [-0.3, -0.25) is 4.21 Å². The molecule has 1 aliphatic carbocycles. The van der Waals surface area contributed by atoms with Gasteiger partial charge >= 0.3 is 0 Å². The standard InChI is InChI=1S/C11H16OS/c1-8(2)7-11-9-3-5-10(6-4-9)13(11)12/h3,5,7,9-11H,4,6H2,1-2H3/t9-,10+,11?,13?/m1/s1. The van der Waals surface area contributed by atoms with E-state index in [9.17, 15) is 4.21 Å². The molecular formula is C11H16OS. The van der Waals surface area contributed by atoms with Gasteiger partial charge in [-0.15, -0.1) is 0 Å². The maximum Gasteiger partial charge on any atom is 0.0598 e. The van der Waals surface area contributed by atoms with Crippen LogP contribution in [0.15, 0.2) is 23.8 Å². The van der Waals surface area contributed by atoms with Gasteiger partial charge in [-0.1, -0.05) is 23.8 Å². The molecule has 72 valence electrons. The molecule has 2 aliphatic heterocycles. The van der Waals surface area contributed by atoms with E-state index >= 15 is 0 Å². The molecule has 0 saturated carbocycles. The Morgan fingerprint density at radius 1 is 1.38 bits per heavy atom. The van der Waals surface area contributed by atoms with Gasteiger partial charge in [-0.05, 0) is 32.6 Å². The second-order valence-corrected chi connectivity index (χ2v) is 6.01. The summed E-state index contributed by atoms with van der Waals surface area (Å²) in [5.74, 6) is 0.542. The Morgan fingerprint density at radius 3 is 2.62 bits per heavy atom. The van der Waals surface area contributed by atoms with Crippen LogP contribution in [-0.2, 0) is 10.8 Å². The number of fused-ring (bicyclic) bond motifs is 2. The Hall–Kier alpha value is -0.370. The average Bonchev–Trinajstić information content (AvgIpc) is 2.11. The van der Waals surface area contributed by atoms with E-state index in [0.29, 0.717) is 16.4 Å². The first kappa shape index (κ1) is 9.20. The van der Waals surface area contributed by atoms with Crippen molar-refractivity contribution in [2.24, 2.45) is 5.92 Å². The molecule has 3 rings (SSSR count). The van der Waals surface area contributed by atoms with Crippen LogP contribution in [-0.4, -0.2) is 14.7 Å². The van der Waals surface area contributed by atoms with E-state index in [1.54, 1.807) is 0 Å². The van der Waals surface area contributed by atoms with E-state index in [1.807, 2.05) is 0 Å². The van der Waals surface area contributed by atoms with Gasteiger partial charge < -0.3 is 0 Å². The summed E-state index contributed by atoms with van der Waals surface area (Å²) in [5.41, 5.74) is 1.29. The maximum atomic E-state index is 11.9. The molecule has 0 radical (unpaired) electrons. The summed E-state index contributed by atoms with van der Waals surface area (Å²) in [5, 5.41) is 0.638. The van der Waals surface area contributed by atoms with Crippen LogP contribution in [0.2, 0.25) is 0 Å². The molecule has 2 unspecified atom stereocenters. The van der Waals surface area contributed by atoms with Gasteiger partial charge in [0.05, 0.1) is 10.5 Å². The molecule has 0 amide bonds. The zero-order valence-electron chi connectivity index (χ0n) is 8.19. The van der Waals surface area contributed by atoms with Crippen molar-refractivity contribution in [3.8, 4) is 0 Å². The summed E-state index contributed by atoms with van der Waals surface area (Å²) in [6.07, 6.45) is 8.96. The lowest BCUT2D eigenvalue weighted by Gasteiger charge is -2.35. The third-order valence-electron chi connectivity index (χ3n) is 2.84. The molecular weight excluding hydrogens is 180 g/mol. The molecule has 0 aromatic carbocycles. The zero-order valence-corrected chi connectivity index (χ0v) is 9.01. The van der Waals surface area contributed by atoms with Crippen LogP contribution in [0.3, 0.4) is 0 Å². The summed E-state index contributed by atoms with van der Waals surface area (Å²) in [6, 6.07) is 0. The molecule has 13 heavy (non-hydrogen) atoms. The monoisotopic (exact) mass is 196 g/mol. The molecule has 1 fully saturated rings. The third kappa shape index (κ3) is 1.64. The van der Waals surface area contributed by atoms with Gasteiger partial charge in [0.15, 0.2) is 0 Å². The van der Waals surface area contributed by atoms with Crippen molar-refractivity contribution in [2.75, 3.05) is 0 Å². The highest BCUT2D eigenvalue weighted by Gasteiger charge is 2.36. The summed E-state index contributed by atoms with van der Waals surface area (Å²) >= 11 is 0. The maximum absolute atomic E-state index is 11.9. The lowest BCUT2D eigenvalue weighted by molar-refractivity contribution is 0.510. The Morgan fingerprint density at radius 2 is 2.15 bits per heavy atom. The molecule has 0 aromatic rings. The van der Waals surface area contributed by atoms with Gasteiger partial charge in [-0.25, -0.2) is 0 Å². The summed E-state index contributed by atoms with van der Waals surface area (Å²) in [7, 11) is -0.650. The predicted molar refractivity (Wildman–Crippen MR) is 57.0 cm³/mol. The van der Waals surface area contributed by atoms with E-state index in [0.717, 1.165) is 6.42 Å². The zero-order chi connectivity index (χ0) is 9.42. The van der Waals surface area contributed by atoms with Gasteiger partial charge in [0.25, 0.3) is 0 Å². The van der Waals surface area contributed by atoms with Crippen molar-refractivity contribution < 1.29 is 4.21 Å². The van der Waals surface area contributed by atoms with E-state index in [1.165, 1.54) is 12.0 Å². The first-order valence-electron chi connectivity index (χ1n) is 4.91. The van der Waals surface area contributed by atoms with Crippen LogP contribution in [0.5, 0.6) is 0 Å². The second kappa shape index (κ2) is 3.41. The molecule has 1 saturated heterocycles. The van der Waals surface area contributed by atoms with Crippen molar-refractivity contribution in [1.29, 1.82) is 0 Å². The Kier molecular flexibility index (Phi) is 2.41. The van der Waals surface area contributed by atoms with E-state index in [4.69, 9.17) is 0 Å². The first-order valence-corrected chi connectivity index (χ1v) is 6.19. The number of hydrogen-bond donors (Lipinski definition) is 0. The van der Waals surface area contributed by atoms with Crippen LogP contribution in [0.25, 0.3) is 0 Å². The van der Waals surface area contributed by atoms with Crippen LogP contribution >= 0.6 is 0 Å². The summed E-state index contributed by atoms with van der Waals surface area (Å²) in [6.45, 7) is 4.17. The minimum atomic E-state index is -0.650. The largest absolute Gasteiger partial charge is 0.258 e. The number of hydrogen-bond acceptors (Lipinski definition) is 1. The van der Waals surface area contributed by atoms with Crippen molar-refractivity contribution in [2.45, 2.75) is 37.2 Å². The molecule has 4 atom stereocenters. The fourth-order valence-electron chi connectivity index (χ4n) is 2.18. The number of rotatable bonds is 1. The molecule has 0 aromatic heterocycles. The highest BCUT2D eigenvalue weighted by atomic mass is 32.2. The topological polar surface area (TPSA) is 17.1 Å². The Bertz CT molecular complexity index is 286. The summed E-state index contributed by atoms with van der Waals surface area (Å²) in [4.78, 5) is 0. The fraction of sp³-hybridized carbons (Fsp3) is 0.636. The molecule has 2 heteroatoms. The molecule has 0 N–H and O–H groups in total. The second-order valence-electron chi connectivity index (χ2n) is 4.20. The molecule has 0 spiro atoms. The highest BCUT2D eigenvalue weighted by molar-refractivity contribution is 7.86. The number of allylic oxidation sites excluding steroid dienone is 2. The fourth-order valence-corrected chi connectivity index (χ4v) is 4.17. The molecule has 3 aliphatic rings. The molecule has 2 heterocycles. The lowest BCUT2D eigenvalue weighted by atomic mass is 9.91. The SMILES string of the molecule is CC(C)=CC1[C@@H]2C=C[C@@H](CC2)S1=O. The van der Waals surface area contributed by atoms with Crippen LogP contribution in [0, 0.1) is 5.92 Å².